The SMILES string of the molecule is Cc1nn(-c2ccccc2)c2nc(-c3cccs3)cc(C(=O)OC(C)C(=O)NC(N)=O)c12. The fourth-order valence-corrected chi connectivity index (χ4v) is 3.94. The van der Waals surface area contributed by atoms with Crippen molar-refractivity contribution < 1.29 is 19.1 Å². The van der Waals surface area contributed by atoms with Crippen molar-refractivity contribution >= 4 is 40.3 Å². The quantitative estimate of drug-likeness (QED) is 0.450. The molecule has 0 aliphatic carbocycles. The van der Waals surface area contributed by atoms with Crippen LogP contribution in [0.1, 0.15) is 23.0 Å². The minimum Gasteiger partial charge on any atom is -0.449 e. The number of hydrogen-bond donors (Lipinski definition) is 2. The Bertz CT molecular complexity index is 1320. The summed E-state index contributed by atoms with van der Waals surface area (Å²) in [6.45, 7) is 3.13. The highest BCUT2D eigenvalue weighted by atomic mass is 32.1. The van der Waals surface area contributed by atoms with Crippen LogP contribution in [0.4, 0.5) is 4.79 Å². The van der Waals surface area contributed by atoms with Crippen LogP contribution < -0.4 is 11.1 Å². The number of pyridine rings is 1. The number of primary amides is 1. The first kappa shape index (κ1) is 21.2. The summed E-state index contributed by atoms with van der Waals surface area (Å²) in [6, 6.07) is 13.8. The Morgan fingerprint density at radius 2 is 1.91 bits per heavy atom. The number of fused-ring (bicyclic) bond motifs is 1. The molecule has 10 heteroatoms. The number of nitrogens with one attached hydrogen (secondary N) is 1. The van der Waals surface area contributed by atoms with Gasteiger partial charge in [-0.05, 0) is 43.5 Å². The number of ether oxygens (including phenoxy) is 1. The number of benzene rings is 1. The number of aryl methyl sites for hydroxylation is 1. The Kier molecular flexibility index (Phi) is 5.69. The summed E-state index contributed by atoms with van der Waals surface area (Å²) in [7, 11) is 0. The highest BCUT2D eigenvalue weighted by Gasteiger charge is 2.25. The maximum atomic E-state index is 13.1. The molecule has 3 heterocycles. The third-order valence-corrected chi connectivity index (χ3v) is 5.60. The number of nitrogens with zero attached hydrogens (tertiary/aromatic N) is 3. The van der Waals surface area contributed by atoms with Gasteiger partial charge in [-0.2, -0.15) is 5.10 Å². The molecular formula is C22H19N5O4S. The topological polar surface area (TPSA) is 129 Å². The molecule has 4 rings (SSSR count). The van der Waals surface area contributed by atoms with Gasteiger partial charge in [-0.3, -0.25) is 10.1 Å². The van der Waals surface area contributed by atoms with E-state index >= 15 is 0 Å². The van der Waals surface area contributed by atoms with Crippen LogP contribution in [-0.4, -0.2) is 38.8 Å². The molecule has 3 aromatic heterocycles. The van der Waals surface area contributed by atoms with Gasteiger partial charge in [0.25, 0.3) is 5.91 Å². The summed E-state index contributed by atoms with van der Waals surface area (Å²) in [5, 5.41) is 8.92. The molecule has 1 aromatic carbocycles. The predicted octanol–water partition coefficient (Wildman–Crippen LogP) is 3.20. The zero-order valence-electron chi connectivity index (χ0n) is 17.2. The normalized spacial score (nSPS) is 11.8. The van der Waals surface area contributed by atoms with Gasteiger partial charge in [-0.25, -0.2) is 19.3 Å². The molecule has 0 spiro atoms. The Labute approximate surface area is 186 Å². The van der Waals surface area contributed by atoms with Crippen LogP contribution in [0.5, 0.6) is 0 Å². The van der Waals surface area contributed by atoms with Gasteiger partial charge in [0.05, 0.1) is 32.9 Å². The Hall–Kier alpha value is -4.05. The first-order valence-electron chi connectivity index (χ1n) is 9.66. The van der Waals surface area contributed by atoms with Crippen LogP contribution in [0.2, 0.25) is 0 Å². The standard InChI is InChI=1S/C22H19N5O4S/c1-12-18-15(21(29)31-13(2)20(28)25-22(23)30)11-16(17-9-6-10-32-17)24-19(18)27(26-12)14-7-4-3-5-8-14/h3-11,13H,1-2H3,(H3,23,25,28,30). The molecular weight excluding hydrogens is 430 g/mol. The van der Waals surface area contributed by atoms with Crippen molar-refractivity contribution in [1.29, 1.82) is 0 Å². The molecule has 1 unspecified atom stereocenters. The van der Waals surface area contributed by atoms with Crippen LogP contribution in [0.25, 0.3) is 27.3 Å². The van der Waals surface area contributed by atoms with Gasteiger partial charge in [0.1, 0.15) is 0 Å². The molecule has 0 saturated carbocycles. The Morgan fingerprint density at radius 3 is 2.56 bits per heavy atom. The Morgan fingerprint density at radius 1 is 1.16 bits per heavy atom. The molecule has 0 saturated heterocycles. The number of hydrogen-bond acceptors (Lipinski definition) is 7. The number of carbonyl (C=O) groups is 3. The monoisotopic (exact) mass is 449 g/mol. The van der Waals surface area contributed by atoms with Crippen molar-refractivity contribution in [3.8, 4) is 16.3 Å². The van der Waals surface area contributed by atoms with E-state index < -0.39 is 24.0 Å². The maximum Gasteiger partial charge on any atom is 0.339 e. The lowest BCUT2D eigenvalue weighted by Gasteiger charge is -2.13. The number of aromatic nitrogens is 3. The number of thiophene rings is 1. The van der Waals surface area contributed by atoms with Gasteiger partial charge in [0, 0.05) is 0 Å². The minimum atomic E-state index is -1.23. The second kappa shape index (κ2) is 8.60. The van der Waals surface area contributed by atoms with Crippen LogP contribution >= 0.6 is 11.3 Å². The van der Waals surface area contributed by atoms with E-state index in [4.69, 9.17) is 15.5 Å². The fourth-order valence-electron chi connectivity index (χ4n) is 3.25. The van der Waals surface area contributed by atoms with E-state index in [0.29, 0.717) is 22.4 Å². The molecule has 0 fully saturated rings. The molecule has 4 aromatic rings. The highest BCUT2D eigenvalue weighted by molar-refractivity contribution is 7.13. The van der Waals surface area contributed by atoms with E-state index in [1.165, 1.54) is 18.3 Å². The molecule has 0 aliphatic rings. The van der Waals surface area contributed by atoms with Crippen LogP contribution in [0.3, 0.4) is 0 Å². The number of para-hydroxylation sites is 1. The van der Waals surface area contributed by atoms with Crippen molar-refractivity contribution in [3.05, 3.63) is 65.2 Å². The third-order valence-electron chi connectivity index (χ3n) is 4.71. The summed E-state index contributed by atoms with van der Waals surface area (Å²) in [5.41, 5.74) is 7.62. The highest BCUT2D eigenvalue weighted by Crippen LogP contribution is 2.31. The summed E-state index contributed by atoms with van der Waals surface area (Å²) >= 11 is 1.48. The van der Waals surface area contributed by atoms with Crippen molar-refractivity contribution in [2.45, 2.75) is 20.0 Å². The van der Waals surface area contributed by atoms with E-state index in [2.05, 4.69) is 5.10 Å². The van der Waals surface area contributed by atoms with E-state index in [-0.39, 0.29) is 5.56 Å². The van der Waals surface area contributed by atoms with E-state index in [9.17, 15) is 14.4 Å². The van der Waals surface area contributed by atoms with E-state index in [0.717, 1.165) is 10.6 Å². The molecule has 32 heavy (non-hydrogen) atoms. The van der Waals surface area contributed by atoms with Crippen molar-refractivity contribution in [3.63, 3.8) is 0 Å². The van der Waals surface area contributed by atoms with Gasteiger partial charge in [0.2, 0.25) is 0 Å². The van der Waals surface area contributed by atoms with Gasteiger partial charge in [-0.1, -0.05) is 24.3 Å². The molecule has 0 radical (unpaired) electrons. The summed E-state index contributed by atoms with van der Waals surface area (Å²) < 4.78 is 7.00. The number of rotatable bonds is 5. The zero-order chi connectivity index (χ0) is 22.8. The second-order valence-corrected chi connectivity index (χ2v) is 7.91. The number of imide groups is 1. The minimum absolute atomic E-state index is 0.219. The first-order chi connectivity index (χ1) is 15.3. The second-order valence-electron chi connectivity index (χ2n) is 6.96. The average Bonchev–Trinajstić information content (AvgIpc) is 3.42. The van der Waals surface area contributed by atoms with Crippen LogP contribution in [-0.2, 0) is 9.53 Å². The molecule has 9 nitrogen and oxygen atoms in total. The molecule has 162 valence electrons. The lowest BCUT2D eigenvalue weighted by Crippen LogP contribution is -2.42. The van der Waals surface area contributed by atoms with Crippen molar-refractivity contribution in [2.24, 2.45) is 5.73 Å². The summed E-state index contributed by atoms with van der Waals surface area (Å²) in [6.07, 6.45) is -1.23. The molecule has 1 atom stereocenters. The number of nitrogens with two attached hydrogens (primary N) is 1. The molecule has 0 bridgehead atoms. The summed E-state index contributed by atoms with van der Waals surface area (Å²) in [5.74, 6) is -1.55. The van der Waals surface area contributed by atoms with Gasteiger partial charge >= 0.3 is 12.0 Å². The van der Waals surface area contributed by atoms with Gasteiger partial charge in [0.15, 0.2) is 11.8 Å². The first-order valence-corrected chi connectivity index (χ1v) is 10.5. The molecule has 0 aliphatic heterocycles. The van der Waals surface area contributed by atoms with Crippen molar-refractivity contribution in [2.75, 3.05) is 0 Å². The number of urea groups is 1. The van der Waals surface area contributed by atoms with Crippen molar-refractivity contribution in [1.82, 2.24) is 20.1 Å². The number of esters is 1. The maximum absolute atomic E-state index is 13.1. The summed E-state index contributed by atoms with van der Waals surface area (Å²) in [4.78, 5) is 41.6. The van der Waals surface area contributed by atoms with Gasteiger partial charge < -0.3 is 10.5 Å². The lowest BCUT2D eigenvalue weighted by atomic mass is 10.1. The smallest absolute Gasteiger partial charge is 0.339 e. The lowest BCUT2D eigenvalue weighted by molar-refractivity contribution is -0.127. The average molecular weight is 449 g/mol. The molecule has 3 amide bonds. The largest absolute Gasteiger partial charge is 0.449 e. The number of carbonyl (C=O) groups excluding carboxylic acids is 3. The van der Waals surface area contributed by atoms with Gasteiger partial charge in [-0.15, -0.1) is 11.3 Å². The number of amides is 3. The third kappa shape index (κ3) is 4.08. The Balaban J connectivity index is 1.84. The van der Waals surface area contributed by atoms with Crippen LogP contribution in [0.15, 0.2) is 53.9 Å². The zero-order valence-corrected chi connectivity index (χ0v) is 18.1. The fraction of sp³-hybridized carbons (Fsp3) is 0.136. The van der Waals surface area contributed by atoms with E-state index in [1.807, 2.05) is 53.2 Å². The predicted molar refractivity (Wildman–Crippen MR) is 120 cm³/mol. The molecule has 3 N–H and O–H groups in total. The van der Waals surface area contributed by atoms with Crippen LogP contribution in [0, 0.1) is 6.92 Å². The van der Waals surface area contributed by atoms with E-state index in [1.54, 1.807) is 17.7 Å².